The fourth-order valence-corrected chi connectivity index (χ4v) is 2.64. The van der Waals surface area contributed by atoms with Crippen molar-refractivity contribution in [2.45, 2.75) is 25.4 Å². The maximum atomic E-state index is 12.4. The Kier molecular flexibility index (Phi) is 3.89. The van der Waals surface area contributed by atoms with E-state index in [0.717, 1.165) is 23.9 Å². The summed E-state index contributed by atoms with van der Waals surface area (Å²) in [5, 5.41) is 13.8. The summed E-state index contributed by atoms with van der Waals surface area (Å²) < 4.78 is 1.54. The number of para-hydroxylation sites is 2. The lowest BCUT2D eigenvalue weighted by molar-refractivity contribution is -0.116. The predicted molar refractivity (Wildman–Crippen MR) is 93.1 cm³/mol. The lowest BCUT2D eigenvalue weighted by Crippen LogP contribution is -2.27. The molecule has 7 nitrogen and oxygen atoms in total. The van der Waals surface area contributed by atoms with Crippen molar-refractivity contribution in [3.63, 3.8) is 0 Å². The summed E-state index contributed by atoms with van der Waals surface area (Å²) in [6.45, 7) is 0.0269. The highest BCUT2D eigenvalue weighted by atomic mass is 16.2. The van der Waals surface area contributed by atoms with Crippen molar-refractivity contribution in [1.29, 1.82) is 0 Å². The van der Waals surface area contributed by atoms with Gasteiger partial charge in [0.1, 0.15) is 12.1 Å². The van der Waals surface area contributed by atoms with Crippen molar-refractivity contribution in [3.8, 4) is 0 Å². The summed E-state index contributed by atoms with van der Waals surface area (Å²) in [5.74, 6) is -0.424. The Labute approximate surface area is 144 Å². The van der Waals surface area contributed by atoms with Crippen LogP contribution in [0.4, 0.5) is 5.69 Å². The van der Waals surface area contributed by atoms with Gasteiger partial charge in [-0.05, 0) is 37.1 Å². The molecule has 2 N–H and O–H groups in total. The minimum absolute atomic E-state index is 0.0269. The van der Waals surface area contributed by atoms with E-state index < -0.39 is 0 Å². The van der Waals surface area contributed by atoms with Crippen LogP contribution >= 0.6 is 0 Å². The minimum atomic E-state index is -0.262. The third kappa shape index (κ3) is 3.35. The van der Waals surface area contributed by atoms with Crippen molar-refractivity contribution in [2.75, 3.05) is 5.32 Å². The highest BCUT2D eigenvalue weighted by Crippen LogP contribution is 2.21. The maximum Gasteiger partial charge on any atom is 0.253 e. The zero-order valence-corrected chi connectivity index (χ0v) is 13.5. The van der Waals surface area contributed by atoms with Gasteiger partial charge >= 0.3 is 0 Å². The second kappa shape index (κ2) is 6.35. The van der Waals surface area contributed by atoms with Gasteiger partial charge in [-0.1, -0.05) is 29.5 Å². The van der Waals surface area contributed by atoms with Gasteiger partial charge in [0.15, 0.2) is 0 Å². The van der Waals surface area contributed by atoms with Crippen LogP contribution < -0.4 is 10.6 Å². The summed E-state index contributed by atoms with van der Waals surface area (Å²) >= 11 is 0. The molecule has 4 rings (SSSR count). The Bertz CT molecular complexity index is 945. The van der Waals surface area contributed by atoms with Crippen LogP contribution in [-0.2, 0) is 11.3 Å². The molecule has 1 heterocycles. The Morgan fingerprint density at radius 1 is 1.08 bits per heavy atom. The average Bonchev–Trinajstić information content (AvgIpc) is 3.34. The molecule has 3 aromatic rings. The van der Waals surface area contributed by atoms with Gasteiger partial charge in [-0.15, -0.1) is 5.10 Å². The van der Waals surface area contributed by atoms with Gasteiger partial charge in [-0.3, -0.25) is 9.59 Å². The molecule has 0 radical (unpaired) electrons. The number of nitrogens with one attached hydrogen (secondary N) is 2. The van der Waals surface area contributed by atoms with Crippen molar-refractivity contribution < 1.29 is 9.59 Å². The summed E-state index contributed by atoms with van der Waals surface area (Å²) in [6, 6.07) is 14.7. The minimum Gasteiger partial charge on any atom is -0.349 e. The second-order valence-electron chi connectivity index (χ2n) is 6.08. The topological polar surface area (TPSA) is 88.9 Å². The summed E-state index contributed by atoms with van der Waals surface area (Å²) in [7, 11) is 0. The fourth-order valence-electron chi connectivity index (χ4n) is 2.64. The Hall–Kier alpha value is -3.22. The molecule has 1 aliphatic rings. The van der Waals surface area contributed by atoms with Crippen molar-refractivity contribution in [2.24, 2.45) is 0 Å². The van der Waals surface area contributed by atoms with E-state index in [4.69, 9.17) is 0 Å². The molecule has 0 bridgehead atoms. The molecule has 1 fully saturated rings. The van der Waals surface area contributed by atoms with Crippen LogP contribution in [0.25, 0.3) is 11.0 Å². The molecule has 2 aromatic carbocycles. The Balaban J connectivity index is 1.50. The molecule has 0 spiro atoms. The van der Waals surface area contributed by atoms with E-state index in [-0.39, 0.29) is 24.4 Å². The van der Waals surface area contributed by atoms with E-state index in [2.05, 4.69) is 20.9 Å². The molecule has 1 aliphatic carbocycles. The monoisotopic (exact) mass is 335 g/mol. The van der Waals surface area contributed by atoms with Crippen LogP contribution in [0.5, 0.6) is 0 Å². The molecule has 25 heavy (non-hydrogen) atoms. The third-order valence-electron chi connectivity index (χ3n) is 4.07. The van der Waals surface area contributed by atoms with Crippen LogP contribution in [0, 0.1) is 0 Å². The van der Waals surface area contributed by atoms with Crippen LogP contribution in [0.1, 0.15) is 23.2 Å². The Morgan fingerprint density at radius 3 is 2.68 bits per heavy atom. The van der Waals surface area contributed by atoms with Gasteiger partial charge in [-0.25, -0.2) is 4.68 Å². The van der Waals surface area contributed by atoms with Crippen LogP contribution in [0.3, 0.4) is 0 Å². The molecule has 1 saturated carbocycles. The summed E-state index contributed by atoms with van der Waals surface area (Å²) in [6.07, 6.45) is 2.03. The van der Waals surface area contributed by atoms with Crippen LogP contribution in [-0.4, -0.2) is 32.9 Å². The van der Waals surface area contributed by atoms with Gasteiger partial charge in [0.05, 0.1) is 16.8 Å². The van der Waals surface area contributed by atoms with Crippen LogP contribution in [0.15, 0.2) is 48.5 Å². The first kappa shape index (κ1) is 15.3. The second-order valence-corrected chi connectivity index (χ2v) is 6.08. The number of hydrogen-bond donors (Lipinski definition) is 2. The van der Waals surface area contributed by atoms with Gasteiger partial charge in [0, 0.05) is 6.04 Å². The maximum absolute atomic E-state index is 12.4. The largest absolute Gasteiger partial charge is 0.349 e. The molecule has 2 amide bonds. The summed E-state index contributed by atoms with van der Waals surface area (Å²) in [5.41, 5.74) is 2.48. The molecule has 0 saturated heterocycles. The van der Waals surface area contributed by atoms with E-state index in [1.54, 1.807) is 24.3 Å². The quantitative estimate of drug-likeness (QED) is 0.746. The highest BCUT2D eigenvalue weighted by molar-refractivity contribution is 6.04. The lowest BCUT2D eigenvalue weighted by Gasteiger charge is -2.11. The number of aromatic nitrogens is 3. The number of carbonyl (C=O) groups is 2. The molecule has 1 aromatic heterocycles. The number of hydrogen-bond acceptors (Lipinski definition) is 4. The zero-order valence-electron chi connectivity index (χ0n) is 13.5. The number of fused-ring (bicyclic) bond motifs is 1. The average molecular weight is 335 g/mol. The van der Waals surface area contributed by atoms with Crippen molar-refractivity contribution in [3.05, 3.63) is 54.1 Å². The van der Waals surface area contributed by atoms with Gasteiger partial charge < -0.3 is 10.6 Å². The highest BCUT2D eigenvalue weighted by Gasteiger charge is 2.25. The number of amides is 2. The molecule has 0 unspecified atom stereocenters. The number of anilines is 1. The molecule has 0 atom stereocenters. The first-order valence-corrected chi connectivity index (χ1v) is 8.19. The number of rotatable bonds is 5. The van der Waals surface area contributed by atoms with E-state index in [9.17, 15) is 9.59 Å². The smallest absolute Gasteiger partial charge is 0.253 e. The molecule has 7 heteroatoms. The first-order chi connectivity index (χ1) is 12.2. The van der Waals surface area contributed by atoms with E-state index in [1.165, 1.54) is 4.68 Å². The standard InChI is InChI=1S/C18H17N5O2/c24-17(11-23-16-8-4-3-7-15(16)21-22-23)20-14-6-2-1-5-13(14)18(25)19-12-9-10-12/h1-8,12H,9-11H2,(H,19,25)(H,20,24). The fraction of sp³-hybridized carbons (Fsp3) is 0.222. The van der Waals surface area contributed by atoms with E-state index in [0.29, 0.717) is 11.3 Å². The number of benzene rings is 2. The van der Waals surface area contributed by atoms with Gasteiger partial charge in [-0.2, -0.15) is 0 Å². The predicted octanol–water partition coefficient (Wildman–Crippen LogP) is 1.96. The molecular formula is C18H17N5O2. The number of carbonyl (C=O) groups excluding carboxylic acids is 2. The van der Waals surface area contributed by atoms with Crippen molar-refractivity contribution in [1.82, 2.24) is 20.3 Å². The van der Waals surface area contributed by atoms with E-state index >= 15 is 0 Å². The SMILES string of the molecule is O=C(Cn1nnc2ccccc21)Nc1ccccc1C(=O)NC1CC1. The molecule has 0 aliphatic heterocycles. The molecule has 126 valence electrons. The number of nitrogens with zero attached hydrogens (tertiary/aromatic N) is 3. The Morgan fingerprint density at radius 2 is 1.84 bits per heavy atom. The van der Waals surface area contributed by atoms with Crippen molar-refractivity contribution >= 4 is 28.5 Å². The van der Waals surface area contributed by atoms with Crippen LogP contribution in [0.2, 0.25) is 0 Å². The zero-order chi connectivity index (χ0) is 17.2. The van der Waals surface area contributed by atoms with E-state index in [1.807, 2.05) is 24.3 Å². The van der Waals surface area contributed by atoms with Gasteiger partial charge in [0.2, 0.25) is 5.91 Å². The lowest BCUT2D eigenvalue weighted by atomic mass is 10.1. The first-order valence-electron chi connectivity index (χ1n) is 8.19. The normalized spacial score (nSPS) is 13.6. The van der Waals surface area contributed by atoms with Gasteiger partial charge in [0.25, 0.3) is 5.91 Å². The third-order valence-corrected chi connectivity index (χ3v) is 4.07. The molecular weight excluding hydrogens is 318 g/mol. The summed E-state index contributed by atoms with van der Waals surface area (Å²) in [4.78, 5) is 24.7.